The third-order valence-electron chi connectivity index (χ3n) is 3.73. The van der Waals surface area contributed by atoms with E-state index in [0.717, 1.165) is 0 Å². The molecule has 146 valence electrons. The van der Waals surface area contributed by atoms with Gasteiger partial charge in [-0.2, -0.15) is 0 Å². The number of morpholine rings is 1. The summed E-state index contributed by atoms with van der Waals surface area (Å²) in [6.45, 7) is 6.47. The Morgan fingerprint density at radius 3 is 2.19 bits per heavy atom. The topological polar surface area (TPSA) is 169 Å². The Morgan fingerprint density at radius 1 is 1.27 bits per heavy atom. The Labute approximate surface area is 150 Å². The van der Waals surface area contributed by atoms with Crippen molar-refractivity contribution in [2.45, 2.75) is 50.3 Å². The smallest absolute Gasteiger partial charge is 0.335 e. The lowest BCUT2D eigenvalue weighted by molar-refractivity contribution is -0.263. The molecule has 0 spiro atoms. The minimum atomic E-state index is -2.27. The molecule has 0 amide bonds. The number of carboxylic acid groups (broad SMARTS) is 2. The quantitative estimate of drug-likeness (QED) is 0.381. The molecule has 1 fully saturated rings. The number of ether oxygens (including phenoxy) is 1. The Hall–Kier alpha value is -2.11. The first-order valence-corrected chi connectivity index (χ1v) is 7.77. The fraction of sp³-hybridized carbons (Fsp3) is 0.562. The zero-order chi connectivity index (χ0) is 20.1. The summed E-state index contributed by atoms with van der Waals surface area (Å²) in [7, 11) is 0. The molecular weight excluding hydrogens is 348 g/mol. The van der Waals surface area contributed by atoms with Crippen LogP contribution in [0.2, 0.25) is 0 Å². The molecule has 6 N–H and O–H groups in total. The highest BCUT2D eigenvalue weighted by atomic mass is 16.6. The van der Waals surface area contributed by atoms with E-state index in [4.69, 9.17) is 25.2 Å². The van der Waals surface area contributed by atoms with Gasteiger partial charge in [-0.25, -0.2) is 9.59 Å². The summed E-state index contributed by atoms with van der Waals surface area (Å²) in [4.78, 5) is 23.6. The second-order valence-electron chi connectivity index (χ2n) is 6.54. The first-order chi connectivity index (χ1) is 11.9. The minimum absolute atomic E-state index is 0.117. The van der Waals surface area contributed by atoms with Crippen LogP contribution in [0, 0.1) is 0 Å². The van der Waals surface area contributed by atoms with Crippen LogP contribution < -0.4 is 5.32 Å². The van der Waals surface area contributed by atoms with Crippen molar-refractivity contribution in [2.24, 2.45) is 0 Å². The summed E-state index contributed by atoms with van der Waals surface area (Å²) in [6.07, 6.45) is -1.22. The van der Waals surface area contributed by atoms with Crippen molar-refractivity contribution >= 4 is 11.9 Å². The van der Waals surface area contributed by atoms with Gasteiger partial charge in [-0.3, -0.25) is 4.98 Å². The molecule has 0 unspecified atom stereocenters. The van der Waals surface area contributed by atoms with E-state index in [-0.39, 0.29) is 11.6 Å². The Bertz CT molecular complexity index is 606. The molecule has 1 aromatic heterocycles. The van der Waals surface area contributed by atoms with Gasteiger partial charge in [-0.05, 0) is 26.8 Å². The fourth-order valence-electron chi connectivity index (χ4n) is 2.32. The van der Waals surface area contributed by atoms with Gasteiger partial charge in [0, 0.05) is 23.5 Å². The first-order valence-electron chi connectivity index (χ1n) is 7.77. The second-order valence-corrected chi connectivity index (χ2v) is 6.54. The zero-order valence-corrected chi connectivity index (χ0v) is 14.7. The van der Waals surface area contributed by atoms with Crippen LogP contribution in [-0.4, -0.2) is 72.9 Å². The average Bonchev–Trinajstić information content (AvgIpc) is 2.58. The van der Waals surface area contributed by atoms with Crippen LogP contribution in [0.4, 0.5) is 0 Å². The summed E-state index contributed by atoms with van der Waals surface area (Å²) in [5.74, 6) is -4.83. The van der Waals surface area contributed by atoms with E-state index in [0.29, 0.717) is 12.2 Å². The van der Waals surface area contributed by atoms with Gasteiger partial charge in [0.05, 0.1) is 12.6 Å². The summed E-state index contributed by atoms with van der Waals surface area (Å²) in [5, 5.41) is 46.4. The van der Waals surface area contributed by atoms with Crippen LogP contribution in [0.5, 0.6) is 0 Å². The number of carbonyl (C=O) groups is 2. The highest BCUT2D eigenvalue weighted by Gasteiger charge is 2.44. The number of carboxylic acids is 2. The molecule has 10 heteroatoms. The van der Waals surface area contributed by atoms with E-state index in [1.165, 1.54) is 0 Å². The van der Waals surface area contributed by atoms with Crippen LogP contribution in [0.1, 0.15) is 26.3 Å². The maximum absolute atomic E-state index is 10.5. The molecule has 0 saturated carbocycles. The molecule has 1 saturated heterocycles. The molecule has 1 aromatic rings. The van der Waals surface area contributed by atoms with Crippen LogP contribution in [0.25, 0.3) is 0 Å². The molecule has 2 heterocycles. The van der Waals surface area contributed by atoms with Gasteiger partial charge in [0.1, 0.15) is 0 Å². The first kappa shape index (κ1) is 21.9. The number of hydrogen-bond acceptors (Lipinski definition) is 8. The zero-order valence-electron chi connectivity index (χ0n) is 14.7. The van der Waals surface area contributed by atoms with Gasteiger partial charge in [0.2, 0.25) is 5.79 Å². The Kier molecular flexibility index (Phi) is 7.18. The molecule has 1 aliphatic rings. The van der Waals surface area contributed by atoms with Crippen LogP contribution >= 0.6 is 0 Å². The van der Waals surface area contributed by atoms with Crippen molar-refractivity contribution in [1.29, 1.82) is 0 Å². The third-order valence-corrected chi connectivity index (χ3v) is 3.73. The summed E-state index contributed by atoms with van der Waals surface area (Å²) in [6, 6.07) is 3.44. The molecule has 26 heavy (non-hydrogen) atoms. The lowest BCUT2D eigenvalue weighted by Crippen LogP contribution is -2.63. The average molecular weight is 372 g/mol. The van der Waals surface area contributed by atoms with Crippen molar-refractivity contribution in [1.82, 2.24) is 10.3 Å². The van der Waals surface area contributed by atoms with E-state index in [1.54, 1.807) is 18.5 Å². The largest absolute Gasteiger partial charge is 0.479 e. The molecule has 4 atom stereocenters. The Balaban J connectivity index is 0.000000294. The van der Waals surface area contributed by atoms with Crippen molar-refractivity contribution in [3.63, 3.8) is 0 Å². The second kappa shape index (κ2) is 8.52. The highest BCUT2D eigenvalue weighted by Crippen LogP contribution is 2.31. The number of aromatic nitrogens is 1. The van der Waals surface area contributed by atoms with E-state index in [9.17, 15) is 14.7 Å². The third kappa shape index (κ3) is 5.44. The number of hydrogen-bond donors (Lipinski definition) is 6. The van der Waals surface area contributed by atoms with Crippen molar-refractivity contribution in [2.75, 3.05) is 6.61 Å². The standard InChI is InChI=1S/C12H18N2O2.C4H6O6/c1-9-12(15,10-5-4-6-13-7-10)16-8-11(2,3)14-9;5-1(3(7)8)2(6)4(9)10/h4-7,9,14-15H,8H2,1-3H3;1-2,5-6H,(H,7,8)(H,9,10)/t9-,12+;1-,2-/m00/s1. The van der Waals surface area contributed by atoms with Crippen LogP contribution in [0.3, 0.4) is 0 Å². The molecule has 1 aliphatic heterocycles. The minimum Gasteiger partial charge on any atom is -0.479 e. The number of aliphatic carboxylic acids is 2. The number of nitrogens with zero attached hydrogens (tertiary/aromatic N) is 1. The molecule has 0 aromatic carbocycles. The van der Waals surface area contributed by atoms with E-state index >= 15 is 0 Å². The van der Waals surface area contributed by atoms with Gasteiger partial charge in [-0.15, -0.1) is 0 Å². The van der Waals surface area contributed by atoms with Gasteiger partial charge < -0.3 is 35.6 Å². The summed E-state index contributed by atoms with van der Waals surface area (Å²) in [5.41, 5.74) is 0.568. The fourth-order valence-corrected chi connectivity index (χ4v) is 2.32. The highest BCUT2D eigenvalue weighted by molar-refractivity contribution is 5.83. The maximum atomic E-state index is 10.5. The summed E-state index contributed by atoms with van der Waals surface area (Å²) < 4.78 is 5.63. The van der Waals surface area contributed by atoms with Gasteiger partial charge in [0.15, 0.2) is 12.2 Å². The van der Waals surface area contributed by atoms with Crippen molar-refractivity contribution < 1.29 is 39.9 Å². The number of aliphatic hydroxyl groups is 3. The van der Waals surface area contributed by atoms with Crippen molar-refractivity contribution in [3.05, 3.63) is 30.1 Å². The molecular formula is C16H24N2O8. The normalized spacial score (nSPS) is 26.8. The SMILES string of the molecule is C[C@@H]1NC(C)(C)CO[C@@]1(O)c1cccnc1.O=C(O)[C@@H](O)[C@H](O)C(=O)O. The monoisotopic (exact) mass is 372 g/mol. The van der Waals surface area contributed by atoms with Gasteiger partial charge in [0.25, 0.3) is 0 Å². The molecule has 10 nitrogen and oxygen atoms in total. The lowest BCUT2D eigenvalue weighted by atomic mass is 9.93. The van der Waals surface area contributed by atoms with Crippen LogP contribution in [-0.2, 0) is 20.1 Å². The number of pyridine rings is 1. The molecule has 0 bridgehead atoms. The van der Waals surface area contributed by atoms with Gasteiger partial charge >= 0.3 is 11.9 Å². The number of rotatable bonds is 4. The predicted octanol–water partition coefficient (Wildman–Crippen LogP) is -1.11. The van der Waals surface area contributed by atoms with Gasteiger partial charge in [-0.1, -0.05) is 6.07 Å². The van der Waals surface area contributed by atoms with Crippen molar-refractivity contribution in [3.8, 4) is 0 Å². The van der Waals surface area contributed by atoms with E-state index in [2.05, 4.69) is 10.3 Å². The number of aliphatic hydroxyl groups excluding tert-OH is 2. The van der Waals surface area contributed by atoms with E-state index in [1.807, 2.05) is 26.8 Å². The Morgan fingerprint density at radius 2 is 1.81 bits per heavy atom. The molecule has 2 rings (SSSR count). The molecule has 0 aliphatic carbocycles. The predicted molar refractivity (Wildman–Crippen MR) is 88.0 cm³/mol. The molecule has 0 radical (unpaired) electrons. The summed E-state index contributed by atoms with van der Waals surface area (Å²) >= 11 is 0. The van der Waals surface area contributed by atoms with Crippen LogP contribution in [0.15, 0.2) is 24.5 Å². The maximum Gasteiger partial charge on any atom is 0.335 e. The number of nitrogens with one attached hydrogen (secondary N) is 1. The lowest BCUT2D eigenvalue weighted by Gasteiger charge is -2.45. The van der Waals surface area contributed by atoms with E-state index < -0.39 is 29.9 Å².